The first-order valence-electron chi connectivity index (χ1n) is 10.8. The van der Waals surface area contributed by atoms with Gasteiger partial charge in [-0.2, -0.15) is 4.98 Å². The molecular formula is C25H33N3O2. The van der Waals surface area contributed by atoms with Crippen LogP contribution in [0.15, 0.2) is 28.8 Å². The predicted octanol–water partition coefficient (Wildman–Crippen LogP) is 6.21. The molecule has 0 fully saturated rings. The Morgan fingerprint density at radius 3 is 2.37 bits per heavy atom. The molecule has 2 heterocycles. The lowest BCUT2D eigenvalue weighted by atomic mass is 10.0. The van der Waals surface area contributed by atoms with E-state index in [-0.39, 0.29) is 0 Å². The molecule has 3 rings (SSSR count). The number of pyridine rings is 1. The van der Waals surface area contributed by atoms with E-state index < -0.39 is 0 Å². The summed E-state index contributed by atoms with van der Waals surface area (Å²) >= 11 is 0. The second kappa shape index (κ2) is 9.41. The lowest BCUT2D eigenvalue weighted by Crippen LogP contribution is -2.07. The van der Waals surface area contributed by atoms with E-state index in [0.29, 0.717) is 30.2 Å². The quantitative estimate of drug-likeness (QED) is 0.444. The fraction of sp³-hybridized carbons (Fsp3) is 0.480. The number of benzene rings is 1. The minimum atomic E-state index is 0.484. The Balaban J connectivity index is 1.93. The zero-order valence-corrected chi connectivity index (χ0v) is 19.2. The smallest absolute Gasteiger partial charge is 0.258 e. The van der Waals surface area contributed by atoms with Crippen molar-refractivity contribution < 1.29 is 9.26 Å². The van der Waals surface area contributed by atoms with Crippen LogP contribution in [0.3, 0.4) is 0 Å². The van der Waals surface area contributed by atoms with Crippen LogP contribution < -0.4 is 4.74 Å². The summed E-state index contributed by atoms with van der Waals surface area (Å²) in [5.41, 5.74) is 6.13. The Morgan fingerprint density at radius 1 is 0.933 bits per heavy atom. The molecule has 1 aromatic carbocycles. The van der Waals surface area contributed by atoms with Crippen LogP contribution in [0.2, 0.25) is 0 Å². The summed E-state index contributed by atoms with van der Waals surface area (Å²) < 4.78 is 11.7. The van der Waals surface area contributed by atoms with Crippen molar-refractivity contribution in [2.45, 2.75) is 61.3 Å². The van der Waals surface area contributed by atoms with Crippen LogP contribution in [0.25, 0.3) is 22.8 Å². The number of hydrogen-bond acceptors (Lipinski definition) is 5. The second-order valence-corrected chi connectivity index (χ2v) is 8.85. The molecule has 0 bridgehead atoms. The third-order valence-corrected chi connectivity index (χ3v) is 4.85. The van der Waals surface area contributed by atoms with Gasteiger partial charge < -0.3 is 9.26 Å². The fourth-order valence-electron chi connectivity index (χ4n) is 3.54. The second-order valence-electron chi connectivity index (χ2n) is 8.85. The van der Waals surface area contributed by atoms with E-state index in [0.717, 1.165) is 52.2 Å². The van der Waals surface area contributed by atoms with Crippen LogP contribution >= 0.6 is 0 Å². The highest BCUT2D eigenvalue weighted by Crippen LogP contribution is 2.31. The van der Waals surface area contributed by atoms with E-state index in [1.165, 1.54) is 0 Å². The lowest BCUT2D eigenvalue weighted by Gasteiger charge is -2.16. The van der Waals surface area contributed by atoms with Gasteiger partial charge in [-0.1, -0.05) is 39.8 Å². The number of hydrogen-bond donors (Lipinski definition) is 0. The number of nitrogens with zero attached hydrogens (tertiary/aromatic N) is 3. The molecule has 0 spiro atoms. The van der Waals surface area contributed by atoms with Crippen molar-refractivity contribution in [1.82, 2.24) is 15.1 Å². The molecule has 0 aliphatic heterocycles. The Kier molecular flexibility index (Phi) is 6.91. The van der Waals surface area contributed by atoms with Gasteiger partial charge in [0, 0.05) is 22.5 Å². The topological polar surface area (TPSA) is 61.0 Å². The minimum Gasteiger partial charge on any atom is -0.493 e. The average molecular weight is 408 g/mol. The molecule has 0 aliphatic carbocycles. The van der Waals surface area contributed by atoms with Gasteiger partial charge in [-0.3, -0.25) is 4.98 Å². The van der Waals surface area contributed by atoms with Crippen LogP contribution in [-0.2, 0) is 12.8 Å². The molecule has 5 heteroatoms. The van der Waals surface area contributed by atoms with Crippen LogP contribution in [0.5, 0.6) is 5.75 Å². The Bertz CT molecular complexity index is 1010. The predicted molar refractivity (Wildman–Crippen MR) is 121 cm³/mol. The summed E-state index contributed by atoms with van der Waals surface area (Å²) in [5.74, 6) is 3.12. The summed E-state index contributed by atoms with van der Waals surface area (Å²) in [5, 5.41) is 4.26. The number of aryl methyl sites for hydroxylation is 3. The first-order valence-corrected chi connectivity index (χ1v) is 10.8. The molecule has 0 radical (unpaired) electrons. The van der Waals surface area contributed by atoms with Crippen molar-refractivity contribution in [1.29, 1.82) is 0 Å². The van der Waals surface area contributed by atoms with E-state index in [9.17, 15) is 0 Å². The molecule has 0 saturated heterocycles. The normalized spacial score (nSPS) is 11.5. The van der Waals surface area contributed by atoms with Crippen LogP contribution in [-0.4, -0.2) is 21.7 Å². The third-order valence-electron chi connectivity index (χ3n) is 4.85. The lowest BCUT2D eigenvalue weighted by molar-refractivity contribution is 0.267. The maximum Gasteiger partial charge on any atom is 0.258 e. The summed E-state index contributed by atoms with van der Waals surface area (Å²) in [7, 11) is 0. The van der Waals surface area contributed by atoms with Gasteiger partial charge in [-0.25, -0.2) is 0 Å². The van der Waals surface area contributed by atoms with E-state index in [1.807, 2.05) is 13.0 Å². The minimum absolute atomic E-state index is 0.484. The van der Waals surface area contributed by atoms with Crippen molar-refractivity contribution in [3.63, 3.8) is 0 Å². The maximum atomic E-state index is 6.07. The summed E-state index contributed by atoms with van der Waals surface area (Å²) in [6.07, 6.45) is 1.81. The molecule has 0 amide bonds. The summed E-state index contributed by atoms with van der Waals surface area (Å²) in [4.78, 5) is 9.32. The van der Waals surface area contributed by atoms with Crippen LogP contribution in [0.1, 0.15) is 57.1 Å². The Hall–Kier alpha value is -2.69. The summed E-state index contributed by atoms with van der Waals surface area (Å²) in [6.45, 7) is 15.6. The monoisotopic (exact) mass is 407 g/mol. The van der Waals surface area contributed by atoms with Gasteiger partial charge in [0.05, 0.1) is 6.61 Å². The highest BCUT2D eigenvalue weighted by molar-refractivity contribution is 5.64. The van der Waals surface area contributed by atoms with Crippen LogP contribution in [0, 0.1) is 25.7 Å². The van der Waals surface area contributed by atoms with Gasteiger partial charge in [0.1, 0.15) is 5.75 Å². The van der Waals surface area contributed by atoms with E-state index in [1.54, 1.807) is 0 Å². The first-order chi connectivity index (χ1) is 14.3. The molecule has 3 aromatic rings. The zero-order valence-electron chi connectivity index (χ0n) is 19.2. The van der Waals surface area contributed by atoms with Crippen molar-refractivity contribution in [2.75, 3.05) is 6.61 Å². The highest BCUT2D eigenvalue weighted by atomic mass is 16.5. The van der Waals surface area contributed by atoms with Gasteiger partial charge in [-0.05, 0) is 73.9 Å². The summed E-state index contributed by atoms with van der Waals surface area (Å²) in [6, 6.07) is 8.23. The SMILES string of the molecule is CCc1cc(-c2noc(-c3cc(C)nc(CC(C)C)c3)n2)cc(C)c1OCC(C)C. The third kappa shape index (κ3) is 5.26. The molecule has 5 nitrogen and oxygen atoms in total. The van der Waals surface area contributed by atoms with Crippen molar-refractivity contribution in [3.8, 4) is 28.6 Å². The van der Waals surface area contributed by atoms with Gasteiger partial charge in [0.15, 0.2) is 0 Å². The molecule has 2 aromatic heterocycles. The molecule has 0 N–H and O–H groups in total. The molecule has 0 unspecified atom stereocenters. The van der Waals surface area contributed by atoms with Crippen molar-refractivity contribution in [3.05, 3.63) is 46.8 Å². The molecule has 30 heavy (non-hydrogen) atoms. The molecule has 0 atom stereocenters. The molecule has 160 valence electrons. The Morgan fingerprint density at radius 2 is 1.70 bits per heavy atom. The largest absolute Gasteiger partial charge is 0.493 e. The highest BCUT2D eigenvalue weighted by Gasteiger charge is 2.16. The van der Waals surface area contributed by atoms with Crippen molar-refractivity contribution >= 4 is 0 Å². The Labute approximate surface area is 179 Å². The van der Waals surface area contributed by atoms with Gasteiger partial charge in [0.2, 0.25) is 5.82 Å². The molecule has 0 aliphatic rings. The van der Waals surface area contributed by atoms with Gasteiger partial charge in [0.25, 0.3) is 5.89 Å². The maximum absolute atomic E-state index is 6.07. The van der Waals surface area contributed by atoms with Crippen LogP contribution in [0.4, 0.5) is 0 Å². The zero-order chi connectivity index (χ0) is 21.8. The molecular weight excluding hydrogens is 374 g/mol. The van der Waals surface area contributed by atoms with Gasteiger partial charge in [-0.15, -0.1) is 0 Å². The first kappa shape index (κ1) is 22.0. The number of ether oxygens (including phenoxy) is 1. The number of aromatic nitrogens is 3. The van der Waals surface area contributed by atoms with Crippen molar-refractivity contribution in [2.24, 2.45) is 11.8 Å². The van der Waals surface area contributed by atoms with E-state index in [2.05, 4.69) is 74.9 Å². The average Bonchev–Trinajstić information content (AvgIpc) is 3.15. The standard InChI is InChI=1S/C25H33N3O2/c1-8-19-12-20(10-17(6)23(19)29-14-16(4)5)24-27-25(30-28-24)21-11-18(7)26-22(13-21)9-15(2)3/h10-13,15-16H,8-9,14H2,1-7H3. The number of rotatable bonds is 8. The van der Waals surface area contributed by atoms with E-state index in [4.69, 9.17) is 9.26 Å². The molecule has 0 saturated carbocycles. The fourth-order valence-corrected chi connectivity index (χ4v) is 3.54. The van der Waals surface area contributed by atoms with E-state index >= 15 is 0 Å². The van der Waals surface area contributed by atoms with Gasteiger partial charge >= 0.3 is 0 Å².